The first-order valence-corrected chi connectivity index (χ1v) is 4.24. The van der Waals surface area contributed by atoms with Gasteiger partial charge in [0.05, 0.1) is 6.42 Å². The highest BCUT2D eigenvalue weighted by Gasteiger charge is 2.32. The van der Waals surface area contributed by atoms with E-state index in [1.54, 1.807) is 20.8 Å². The van der Waals surface area contributed by atoms with Crippen LogP contribution in [0.4, 0.5) is 0 Å². The van der Waals surface area contributed by atoms with Crippen LogP contribution in [0.3, 0.4) is 0 Å². The summed E-state index contributed by atoms with van der Waals surface area (Å²) in [4.78, 5) is 21.9. The van der Waals surface area contributed by atoms with Crippen molar-refractivity contribution in [3.8, 4) is 12.3 Å². The summed E-state index contributed by atoms with van der Waals surface area (Å²) in [5, 5.41) is 11.2. The van der Waals surface area contributed by atoms with Crippen molar-refractivity contribution in [2.75, 3.05) is 0 Å². The number of hydrogen-bond acceptors (Lipinski definition) is 2. The van der Waals surface area contributed by atoms with Crippen molar-refractivity contribution in [2.45, 2.75) is 33.2 Å². The molecule has 0 heterocycles. The highest BCUT2D eigenvalue weighted by atomic mass is 16.4. The molecule has 2 N–H and O–H groups in total. The Morgan fingerprint density at radius 2 is 2.00 bits per heavy atom. The molecule has 4 heteroatoms. The van der Waals surface area contributed by atoms with E-state index in [1.165, 1.54) is 0 Å². The van der Waals surface area contributed by atoms with Crippen LogP contribution in [0.2, 0.25) is 0 Å². The molecule has 0 saturated heterocycles. The van der Waals surface area contributed by atoms with Gasteiger partial charge in [-0.3, -0.25) is 4.79 Å². The summed E-state index contributed by atoms with van der Waals surface area (Å²) in [6, 6.07) is -0.914. The number of carbonyl (C=O) groups excluding carboxylic acids is 1. The molecular formula is C10H15NO3. The van der Waals surface area contributed by atoms with Gasteiger partial charge in [-0.25, -0.2) is 4.79 Å². The summed E-state index contributed by atoms with van der Waals surface area (Å²) in [6.07, 6.45) is 4.83. The maximum atomic E-state index is 11.1. The van der Waals surface area contributed by atoms with Crippen molar-refractivity contribution in [2.24, 2.45) is 5.41 Å². The van der Waals surface area contributed by atoms with Crippen LogP contribution >= 0.6 is 0 Å². The summed E-state index contributed by atoms with van der Waals surface area (Å²) in [5.41, 5.74) is -0.532. The normalized spacial score (nSPS) is 12.7. The van der Waals surface area contributed by atoms with E-state index in [1.807, 2.05) is 0 Å². The third-order valence-electron chi connectivity index (χ3n) is 1.68. The van der Waals surface area contributed by atoms with Gasteiger partial charge in [-0.2, -0.15) is 0 Å². The molecule has 0 aromatic rings. The number of carboxylic acid groups (broad SMARTS) is 1. The predicted molar refractivity (Wildman–Crippen MR) is 52.5 cm³/mol. The largest absolute Gasteiger partial charge is 0.480 e. The number of terminal acetylenes is 1. The first-order chi connectivity index (χ1) is 6.29. The minimum absolute atomic E-state index is 0.0974. The van der Waals surface area contributed by atoms with E-state index in [0.717, 1.165) is 0 Å². The zero-order chi connectivity index (χ0) is 11.4. The van der Waals surface area contributed by atoms with Gasteiger partial charge in [0.1, 0.15) is 6.04 Å². The first kappa shape index (κ1) is 12.5. The van der Waals surface area contributed by atoms with Gasteiger partial charge >= 0.3 is 5.97 Å². The molecule has 0 radical (unpaired) electrons. The van der Waals surface area contributed by atoms with Gasteiger partial charge in [0.15, 0.2) is 0 Å². The molecule has 0 bridgehead atoms. The number of hydrogen-bond donors (Lipinski definition) is 2. The van der Waals surface area contributed by atoms with Crippen molar-refractivity contribution in [1.29, 1.82) is 0 Å². The molecule has 0 aromatic carbocycles. The lowest BCUT2D eigenvalue weighted by molar-refractivity contribution is -0.144. The summed E-state index contributed by atoms with van der Waals surface area (Å²) in [6.45, 7) is 5.21. The Labute approximate surface area is 83.7 Å². The number of carboxylic acids is 1. The number of amides is 1. The van der Waals surface area contributed by atoms with Crippen LogP contribution in [0.15, 0.2) is 0 Å². The third-order valence-corrected chi connectivity index (χ3v) is 1.68. The lowest BCUT2D eigenvalue weighted by Gasteiger charge is -2.27. The molecule has 0 spiro atoms. The standard InChI is InChI=1S/C10H15NO3/c1-5-6-7(12)11-8(9(13)14)10(2,3)4/h1,8H,6H2,2-4H3,(H,11,12)(H,13,14)/t8-/m1/s1. The monoisotopic (exact) mass is 197 g/mol. The first-order valence-electron chi connectivity index (χ1n) is 4.24. The quantitative estimate of drug-likeness (QED) is 0.652. The molecule has 0 aliphatic heterocycles. The van der Waals surface area contributed by atoms with E-state index in [0.29, 0.717) is 0 Å². The van der Waals surface area contributed by atoms with Crippen molar-refractivity contribution in [1.82, 2.24) is 5.32 Å². The van der Waals surface area contributed by atoms with Gasteiger partial charge in [0.25, 0.3) is 0 Å². The van der Waals surface area contributed by atoms with Crippen LogP contribution < -0.4 is 5.32 Å². The Balaban J connectivity index is 4.49. The molecule has 0 aliphatic carbocycles. The second-order valence-corrected chi connectivity index (χ2v) is 4.09. The molecule has 1 atom stereocenters. The van der Waals surface area contributed by atoms with Gasteiger partial charge in [-0.15, -0.1) is 6.42 Å². The number of nitrogens with one attached hydrogen (secondary N) is 1. The van der Waals surface area contributed by atoms with Crippen molar-refractivity contribution in [3.63, 3.8) is 0 Å². The Kier molecular flexibility index (Phi) is 4.16. The summed E-state index contributed by atoms with van der Waals surface area (Å²) in [5.74, 6) is 0.670. The highest BCUT2D eigenvalue weighted by molar-refractivity contribution is 5.85. The van der Waals surface area contributed by atoms with E-state index in [9.17, 15) is 9.59 Å². The third kappa shape index (κ3) is 3.94. The number of aliphatic carboxylic acids is 1. The summed E-state index contributed by atoms with van der Waals surface area (Å²) in [7, 11) is 0. The molecule has 0 unspecified atom stereocenters. The van der Waals surface area contributed by atoms with Gasteiger partial charge < -0.3 is 10.4 Å². The fraction of sp³-hybridized carbons (Fsp3) is 0.600. The molecule has 1 amide bonds. The zero-order valence-electron chi connectivity index (χ0n) is 8.63. The smallest absolute Gasteiger partial charge is 0.326 e. The lowest BCUT2D eigenvalue weighted by atomic mass is 9.87. The molecule has 0 rings (SSSR count). The SMILES string of the molecule is C#CCC(=O)N[C@H](C(=O)O)C(C)(C)C. The fourth-order valence-electron chi connectivity index (χ4n) is 0.953. The Bertz CT molecular complexity index is 270. The Morgan fingerprint density at radius 1 is 1.50 bits per heavy atom. The maximum absolute atomic E-state index is 11.1. The molecular weight excluding hydrogens is 182 g/mol. The minimum Gasteiger partial charge on any atom is -0.480 e. The van der Waals surface area contributed by atoms with Gasteiger partial charge in [-0.05, 0) is 5.41 Å². The topological polar surface area (TPSA) is 66.4 Å². The molecule has 0 aliphatic rings. The molecule has 14 heavy (non-hydrogen) atoms. The predicted octanol–water partition coefficient (Wildman–Crippen LogP) is 0.625. The second kappa shape index (κ2) is 4.66. The van der Waals surface area contributed by atoms with Crippen molar-refractivity contribution < 1.29 is 14.7 Å². The minimum atomic E-state index is -1.05. The van der Waals surface area contributed by atoms with E-state index < -0.39 is 23.3 Å². The van der Waals surface area contributed by atoms with Crippen LogP contribution in [0.1, 0.15) is 27.2 Å². The Morgan fingerprint density at radius 3 is 2.29 bits per heavy atom. The molecule has 78 valence electrons. The Hall–Kier alpha value is -1.50. The van der Waals surface area contributed by atoms with Crippen LogP contribution in [-0.4, -0.2) is 23.0 Å². The van der Waals surface area contributed by atoms with Crippen molar-refractivity contribution >= 4 is 11.9 Å². The van der Waals surface area contributed by atoms with Crippen LogP contribution in [-0.2, 0) is 9.59 Å². The number of carbonyl (C=O) groups is 2. The van der Waals surface area contributed by atoms with Crippen LogP contribution in [0.5, 0.6) is 0 Å². The van der Waals surface area contributed by atoms with Crippen LogP contribution in [0, 0.1) is 17.8 Å². The fourth-order valence-corrected chi connectivity index (χ4v) is 0.953. The average molecular weight is 197 g/mol. The van der Waals surface area contributed by atoms with E-state index in [-0.39, 0.29) is 6.42 Å². The average Bonchev–Trinajstić information content (AvgIpc) is 1.98. The zero-order valence-corrected chi connectivity index (χ0v) is 8.63. The highest BCUT2D eigenvalue weighted by Crippen LogP contribution is 2.19. The van der Waals surface area contributed by atoms with Crippen LogP contribution in [0.25, 0.3) is 0 Å². The van der Waals surface area contributed by atoms with Crippen molar-refractivity contribution in [3.05, 3.63) is 0 Å². The maximum Gasteiger partial charge on any atom is 0.326 e. The lowest BCUT2D eigenvalue weighted by Crippen LogP contribution is -2.48. The summed E-state index contributed by atoms with van der Waals surface area (Å²) < 4.78 is 0. The van der Waals surface area contributed by atoms with E-state index >= 15 is 0 Å². The summed E-state index contributed by atoms with van der Waals surface area (Å²) >= 11 is 0. The van der Waals surface area contributed by atoms with Gasteiger partial charge in [-0.1, -0.05) is 26.7 Å². The molecule has 4 nitrogen and oxygen atoms in total. The van der Waals surface area contributed by atoms with Gasteiger partial charge in [0.2, 0.25) is 5.91 Å². The second-order valence-electron chi connectivity index (χ2n) is 4.09. The number of rotatable bonds is 3. The van der Waals surface area contributed by atoms with E-state index in [4.69, 9.17) is 11.5 Å². The van der Waals surface area contributed by atoms with E-state index in [2.05, 4.69) is 11.2 Å². The molecule has 0 saturated carbocycles. The molecule has 0 fully saturated rings. The van der Waals surface area contributed by atoms with Gasteiger partial charge in [0, 0.05) is 0 Å². The molecule has 0 aromatic heterocycles.